The molecule has 1 aromatic rings. The largest absolute Gasteiger partial charge is 0.416 e. The van der Waals surface area contributed by atoms with Gasteiger partial charge in [0.15, 0.2) is 5.78 Å². The molecule has 0 saturated carbocycles. The summed E-state index contributed by atoms with van der Waals surface area (Å²) < 4.78 is 36.7. The highest BCUT2D eigenvalue weighted by molar-refractivity contribution is 5.99. The number of nitrogens with one attached hydrogen (secondary N) is 1. The van der Waals surface area contributed by atoms with E-state index in [0.29, 0.717) is 0 Å². The molecule has 0 bridgehead atoms. The zero-order valence-corrected chi connectivity index (χ0v) is 8.93. The third-order valence-electron chi connectivity index (χ3n) is 2.32. The van der Waals surface area contributed by atoms with Crippen LogP contribution in [0, 0.1) is 0 Å². The second-order valence-electron chi connectivity index (χ2n) is 3.45. The fourth-order valence-electron chi connectivity index (χ4n) is 1.20. The molecule has 5 heteroatoms. The van der Waals surface area contributed by atoms with E-state index in [2.05, 4.69) is 5.32 Å². The number of benzene rings is 1. The van der Waals surface area contributed by atoms with Crippen LogP contribution in [0.2, 0.25) is 0 Å². The van der Waals surface area contributed by atoms with Crippen molar-refractivity contribution < 1.29 is 18.0 Å². The standard InChI is InChI=1S/C11H12F3NO/c1-7(15-2)10(16)8-3-5-9(6-4-8)11(12,13)14/h3-7,15H,1-2H3. The van der Waals surface area contributed by atoms with E-state index in [4.69, 9.17) is 0 Å². The van der Waals surface area contributed by atoms with Gasteiger partial charge in [-0.25, -0.2) is 0 Å². The van der Waals surface area contributed by atoms with Crippen LogP contribution >= 0.6 is 0 Å². The first-order chi connectivity index (χ1) is 7.36. The lowest BCUT2D eigenvalue weighted by Gasteiger charge is -2.10. The average molecular weight is 231 g/mol. The van der Waals surface area contributed by atoms with E-state index in [-0.39, 0.29) is 11.3 Å². The van der Waals surface area contributed by atoms with E-state index >= 15 is 0 Å². The smallest absolute Gasteiger partial charge is 0.310 e. The third kappa shape index (κ3) is 2.82. The Balaban J connectivity index is 2.91. The first-order valence-corrected chi connectivity index (χ1v) is 4.75. The number of likely N-dealkylation sites (N-methyl/N-ethyl adjacent to an activating group) is 1. The van der Waals surface area contributed by atoms with E-state index in [1.807, 2.05) is 0 Å². The van der Waals surface area contributed by atoms with Crippen molar-refractivity contribution in [2.24, 2.45) is 0 Å². The highest BCUT2D eigenvalue weighted by atomic mass is 19.4. The zero-order chi connectivity index (χ0) is 12.3. The fourth-order valence-corrected chi connectivity index (χ4v) is 1.20. The van der Waals surface area contributed by atoms with Crippen molar-refractivity contribution in [3.8, 4) is 0 Å². The predicted molar refractivity (Wildman–Crippen MR) is 54.3 cm³/mol. The Kier molecular flexibility index (Phi) is 3.70. The summed E-state index contributed by atoms with van der Waals surface area (Å²) in [6.45, 7) is 1.65. The molecule has 16 heavy (non-hydrogen) atoms. The van der Waals surface area contributed by atoms with Crippen LogP contribution in [0.4, 0.5) is 13.2 Å². The molecule has 2 nitrogen and oxygen atoms in total. The first-order valence-electron chi connectivity index (χ1n) is 4.75. The van der Waals surface area contributed by atoms with Crippen molar-refractivity contribution in [2.45, 2.75) is 19.1 Å². The maximum Gasteiger partial charge on any atom is 0.416 e. The van der Waals surface area contributed by atoms with Crippen LogP contribution in [0.1, 0.15) is 22.8 Å². The molecule has 0 amide bonds. The minimum absolute atomic E-state index is 0.226. The summed E-state index contributed by atoms with van der Waals surface area (Å²) in [6.07, 6.45) is -4.36. The van der Waals surface area contributed by atoms with Gasteiger partial charge < -0.3 is 5.32 Å². The summed E-state index contributed by atoms with van der Waals surface area (Å²) in [4.78, 5) is 11.6. The summed E-state index contributed by atoms with van der Waals surface area (Å²) in [5, 5.41) is 2.74. The van der Waals surface area contributed by atoms with Crippen LogP contribution in [0.25, 0.3) is 0 Å². The number of rotatable bonds is 3. The second-order valence-corrected chi connectivity index (χ2v) is 3.45. The van der Waals surface area contributed by atoms with Crippen molar-refractivity contribution in [2.75, 3.05) is 7.05 Å². The maximum atomic E-state index is 12.2. The molecule has 0 spiro atoms. The first kappa shape index (κ1) is 12.7. The van der Waals surface area contributed by atoms with Crippen molar-refractivity contribution in [3.05, 3.63) is 35.4 Å². The third-order valence-corrected chi connectivity index (χ3v) is 2.32. The average Bonchev–Trinajstić information content (AvgIpc) is 2.26. The van der Waals surface area contributed by atoms with Gasteiger partial charge >= 0.3 is 6.18 Å². The van der Waals surface area contributed by atoms with Crippen LogP contribution in [-0.2, 0) is 6.18 Å². The molecule has 0 aliphatic rings. The van der Waals surface area contributed by atoms with E-state index < -0.39 is 17.8 Å². The second kappa shape index (κ2) is 4.65. The summed E-state index contributed by atoms with van der Waals surface area (Å²) in [5.74, 6) is -0.226. The molecule has 0 aliphatic heterocycles. The Morgan fingerprint density at radius 1 is 1.25 bits per heavy atom. The lowest BCUT2D eigenvalue weighted by Crippen LogP contribution is -2.30. The Hall–Kier alpha value is -1.36. The molecule has 0 aromatic heterocycles. The molecule has 0 saturated heterocycles. The molecule has 1 rings (SSSR count). The van der Waals surface area contributed by atoms with Gasteiger partial charge in [0, 0.05) is 5.56 Å². The quantitative estimate of drug-likeness (QED) is 0.810. The predicted octanol–water partition coefficient (Wildman–Crippen LogP) is 2.50. The van der Waals surface area contributed by atoms with Gasteiger partial charge in [-0.3, -0.25) is 4.79 Å². The van der Waals surface area contributed by atoms with Crippen LogP contribution in [0.5, 0.6) is 0 Å². The molecule has 1 aromatic carbocycles. The normalized spacial score (nSPS) is 13.6. The number of hydrogen-bond donors (Lipinski definition) is 1. The summed E-state index contributed by atoms with van der Waals surface area (Å²) in [6, 6.07) is 3.81. The van der Waals surface area contributed by atoms with Gasteiger partial charge in [-0.1, -0.05) is 12.1 Å². The van der Waals surface area contributed by atoms with Gasteiger partial charge in [0.1, 0.15) is 0 Å². The minimum atomic E-state index is -4.36. The van der Waals surface area contributed by atoms with Crippen molar-refractivity contribution in [1.82, 2.24) is 5.32 Å². The van der Waals surface area contributed by atoms with Crippen LogP contribution in [-0.4, -0.2) is 18.9 Å². The summed E-state index contributed by atoms with van der Waals surface area (Å²) >= 11 is 0. The Bertz CT molecular complexity index is 370. The van der Waals surface area contributed by atoms with E-state index in [9.17, 15) is 18.0 Å². The van der Waals surface area contributed by atoms with Crippen molar-refractivity contribution >= 4 is 5.78 Å². The highest BCUT2D eigenvalue weighted by Crippen LogP contribution is 2.29. The summed E-state index contributed by atoms with van der Waals surface area (Å²) in [7, 11) is 1.62. The van der Waals surface area contributed by atoms with Gasteiger partial charge in [-0.05, 0) is 26.1 Å². The number of halogens is 3. The molecular weight excluding hydrogens is 219 g/mol. The maximum absolute atomic E-state index is 12.2. The molecular formula is C11H12F3NO. The summed E-state index contributed by atoms with van der Waals surface area (Å²) in [5.41, 5.74) is -0.476. The molecule has 1 atom stereocenters. The monoisotopic (exact) mass is 231 g/mol. The fraction of sp³-hybridized carbons (Fsp3) is 0.364. The highest BCUT2D eigenvalue weighted by Gasteiger charge is 2.30. The van der Waals surface area contributed by atoms with Crippen molar-refractivity contribution in [3.63, 3.8) is 0 Å². The molecule has 0 aliphatic carbocycles. The SMILES string of the molecule is CNC(C)C(=O)c1ccc(C(F)(F)F)cc1. The van der Waals surface area contributed by atoms with Crippen LogP contribution in [0.15, 0.2) is 24.3 Å². The van der Waals surface area contributed by atoms with E-state index in [1.54, 1.807) is 14.0 Å². The molecule has 88 valence electrons. The van der Waals surface area contributed by atoms with E-state index in [1.165, 1.54) is 12.1 Å². The number of Topliss-reactive ketones (excluding diaryl/α,β-unsaturated/α-hetero) is 1. The lowest BCUT2D eigenvalue weighted by molar-refractivity contribution is -0.137. The zero-order valence-electron chi connectivity index (χ0n) is 8.93. The number of carbonyl (C=O) groups is 1. The Morgan fingerprint density at radius 2 is 1.75 bits per heavy atom. The van der Waals surface area contributed by atoms with Gasteiger partial charge in [0.25, 0.3) is 0 Å². The number of carbonyl (C=O) groups excluding carboxylic acids is 1. The van der Waals surface area contributed by atoms with Crippen LogP contribution in [0.3, 0.4) is 0 Å². The molecule has 1 N–H and O–H groups in total. The topological polar surface area (TPSA) is 29.1 Å². The molecule has 0 radical (unpaired) electrons. The van der Waals surface area contributed by atoms with Crippen LogP contribution < -0.4 is 5.32 Å². The molecule has 0 fully saturated rings. The van der Waals surface area contributed by atoms with Gasteiger partial charge in [-0.2, -0.15) is 13.2 Å². The number of ketones is 1. The van der Waals surface area contributed by atoms with Gasteiger partial charge in [-0.15, -0.1) is 0 Å². The van der Waals surface area contributed by atoms with Gasteiger partial charge in [0.05, 0.1) is 11.6 Å². The van der Waals surface area contributed by atoms with Crippen molar-refractivity contribution in [1.29, 1.82) is 0 Å². The number of alkyl halides is 3. The minimum Gasteiger partial charge on any atom is -0.310 e. The molecule has 1 unspecified atom stereocenters. The Morgan fingerprint density at radius 3 is 2.12 bits per heavy atom. The number of hydrogen-bond acceptors (Lipinski definition) is 2. The lowest BCUT2D eigenvalue weighted by atomic mass is 10.0. The van der Waals surface area contributed by atoms with Gasteiger partial charge in [0.2, 0.25) is 0 Å². The molecule has 0 heterocycles. The Labute approximate surface area is 91.5 Å². The van der Waals surface area contributed by atoms with E-state index in [0.717, 1.165) is 12.1 Å².